The number of ether oxygens (including phenoxy) is 1. The third kappa shape index (κ3) is 5.57. The number of rotatable bonds is 5. The predicted molar refractivity (Wildman–Crippen MR) is 123 cm³/mol. The lowest BCUT2D eigenvalue weighted by molar-refractivity contribution is -0.122. The van der Waals surface area contributed by atoms with Crippen LogP contribution in [0, 0.1) is 5.82 Å². The topological polar surface area (TPSA) is 67.7 Å². The molecule has 2 heterocycles. The molecule has 0 atom stereocenters. The molecule has 0 aliphatic rings. The minimum Gasteiger partial charge on any atom is -0.494 e. The van der Waals surface area contributed by atoms with Crippen molar-refractivity contribution in [1.82, 2.24) is 14.7 Å². The zero-order chi connectivity index (χ0) is 23.6. The van der Waals surface area contributed by atoms with Crippen molar-refractivity contribution in [2.75, 3.05) is 19.0 Å². The summed E-state index contributed by atoms with van der Waals surface area (Å²) in [5.74, 6) is -0.314. The summed E-state index contributed by atoms with van der Waals surface area (Å²) in [6, 6.07) is 14.0. The summed E-state index contributed by atoms with van der Waals surface area (Å²) in [7, 11) is 1.40. The lowest BCUT2D eigenvalue weighted by atomic mass is 10.1. The molecule has 0 radical (unpaired) electrons. The van der Waals surface area contributed by atoms with E-state index >= 15 is 0 Å². The van der Waals surface area contributed by atoms with Gasteiger partial charge in [-0.15, -0.1) is 12.4 Å². The van der Waals surface area contributed by atoms with Gasteiger partial charge in [0.15, 0.2) is 11.6 Å². The van der Waals surface area contributed by atoms with E-state index < -0.39 is 24.6 Å². The molecule has 4 aromatic rings. The SMILES string of the molecule is COc1cc(-c2ccn3c(-c4cccc(NC(=O)NCC(F)(F)F)c4)cnc3c2)ccc1F.Cl. The molecule has 0 saturated carbocycles. The van der Waals surface area contributed by atoms with Crippen molar-refractivity contribution in [1.29, 1.82) is 0 Å². The van der Waals surface area contributed by atoms with Crippen molar-refractivity contribution in [3.05, 3.63) is 72.8 Å². The summed E-state index contributed by atoms with van der Waals surface area (Å²) in [5.41, 5.74) is 3.95. The fourth-order valence-electron chi connectivity index (χ4n) is 3.33. The Morgan fingerprint density at radius 2 is 1.82 bits per heavy atom. The van der Waals surface area contributed by atoms with Crippen molar-refractivity contribution in [3.8, 4) is 28.1 Å². The molecular weight excluding hydrogens is 476 g/mol. The molecule has 0 unspecified atom stereocenters. The number of imidazole rings is 1. The fraction of sp³-hybridized carbons (Fsp3) is 0.130. The first kappa shape index (κ1) is 24.8. The molecule has 0 fully saturated rings. The van der Waals surface area contributed by atoms with Gasteiger partial charge >= 0.3 is 12.2 Å². The first-order valence-corrected chi connectivity index (χ1v) is 9.76. The van der Waals surface area contributed by atoms with Gasteiger partial charge in [-0.2, -0.15) is 13.2 Å². The van der Waals surface area contributed by atoms with Crippen molar-refractivity contribution in [3.63, 3.8) is 0 Å². The molecule has 2 aromatic heterocycles. The Bertz CT molecular complexity index is 1320. The molecule has 6 nitrogen and oxygen atoms in total. The highest BCUT2D eigenvalue weighted by Crippen LogP contribution is 2.29. The molecule has 0 bridgehead atoms. The second-order valence-corrected chi connectivity index (χ2v) is 7.14. The van der Waals surface area contributed by atoms with Gasteiger partial charge in [0.1, 0.15) is 12.2 Å². The van der Waals surface area contributed by atoms with Gasteiger partial charge in [0.05, 0.1) is 19.0 Å². The predicted octanol–water partition coefficient (Wildman–Crippen LogP) is 5.92. The molecule has 4 rings (SSSR count). The number of carbonyl (C=O) groups is 1. The highest BCUT2D eigenvalue weighted by molar-refractivity contribution is 5.90. The second kappa shape index (κ2) is 10.0. The maximum Gasteiger partial charge on any atom is 0.405 e. The van der Waals surface area contributed by atoms with Crippen LogP contribution in [-0.4, -0.2) is 35.2 Å². The van der Waals surface area contributed by atoms with Crippen molar-refractivity contribution < 1.29 is 27.1 Å². The van der Waals surface area contributed by atoms with Crippen LogP contribution in [0.1, 0.15) is 0 Å². The van der Waals surface area contributed by atoms with Gasteiger partial charge < -0.3 is 15.4 Å². The van der Waals surface area contributed by atoms with Crippen LogP contribution < -0.4 is 15.4 Å². The number of alkyl halides is 3. The number of nitrogens with zero attached hydrogens (tertiary/aromatic N) is 2. The van der Waals surface area contributed by atoms with E-state index in [4.69, 9.17) is 4.74 Å². The molecule has 11 heteroatoms. The van der Waals surface area contributed by atoms with Gasteiger partial charge in [-0.3, -0.25) is 4.40 Å². The zero-order valence-corrected chi connectivity index (χ0v) is 18.5. The first-order chi connectivity index (χ1) is 15.7. The monoisotopic (exact) mass is 494 g/mol. The van der Waals surface area contributed by atoms with E-state index in [0.29, 0.717) is 22.6 Å². The lowest BCUT2D eigenvalue weighted by Crippen LogP contribution is -2.36. The number of hydrogen-bond donors (Lipinski definition) is 2. The minimum atomic E-state index is -4.49. The number of halogens is 5. The number of carbonyl (C=O) groups excluding carboxylic acids is 1. The molecule has 178 valence electrons. The summed E-state index contributed by atoms with van der Waals surface area (Å²) < 4.78 is 57.4. The normalized spacial score (nSPS) is 11.1. The van der Waals surface area contributed by atoms with E-state index in [2.05, 4.69) is 10.3 Å². The smallest absolute Gasteiger partial charge is 0.405 e. The van der Waals surface area contributed by atoms with Crippen LogP contribution in [0.2, 0.25) is 0 Å². The van der Waals surface area contributed by atoms with Gasteiger partial charge in [0.25, 0.3) is 0 Å². The van der Waals surface area contributed by atoms with Crippen molar-refractivity contribution in [2.45, 2.75) is 6.18 Å². The molecule has 2 N–H and O–H groups in total. The minimum absolute atomic E-state index is 0. The zero-order valence-electron chi connectivity index (χ0n) is 17.7. The van der Waals surface area contributed by atoms with Gasteiger partial charge in [-0.25, -0.2) is 14.2 Å². The average molecular weight is 495 g/mol. The molecule has 0 saturated heterocycles. The lowest BCUT2D eigenvalue weighted by Gasteiger charge is -2.11. The van der Waals surface area contributed by atoms with Crippen LogP contribution in [0.25, 0.3) is 28.0 Å². The van der Waals surface area contributed by atoms with E-state index in [1.165, 1.54) is 13.2 Å². The van der Waals surface area contributed by atoms with Crippen LogP contribution in [0.5, 0.6) is 5.75 Å². The van der Waals surface area contributed by atoms with E-state index in [1.807, 2.05) is 16.5 Å². The number of anilines is 1. The fourth-order valence-corrected chi connectivity index (χ4v) is 3.33. The molecule has 0 spiro atoms. The molecule has 0 aliphatic heterocycles. The number of fused-ring (bicyclic) bond motifs is 1. The summed E-state index contributed by atoms with van der Waals surface area (Å²) in [6.45, 7) is -1.42. The number of nitrogens with one attached hydrogen (secondary N) is 2. The van der Waals surface area contributed by atoms with Crippen LogP contribution in [-0.2, 0) is 0 Å². The third-order valence-corrected chi connectivity index (χ3v) is 4.86. The van der Waals surface area contributed by atoms with Crippen LogP contribution in [0.15, 0.2) is 67.0 Å². The largest absolute Gasteiger partial charge is 0.494 e. The quantitative estimate of drug-likeness (QED) is 0.338. The van der Waals surface area contributed by atoms with Crippen molar-refractivity contribution in [2.24, 2.45) is 0 Å². The van der Waals surface area contributed by atoms with Crippen LogP contribution >= 0.6 is 12.4 Å². The van der Waals surface area contributed by atoms with Crippen molar-refractivity contribution >= 4 is 29.8 Å². The number of hydrogen-bond acceptors (Lipinski definition) is 3. The molecule has 34 heavy (non-hydrogen) atoms. The number of urea groups is 1. The van der Waals surface area contributed by atoms with E-state index in [9.17, 15) is 22.4 Å². The Balaban J connectivity index is 0.00000324. The van der Waals surface area contributed by atoms with E-state index in [1.54, 1.807) is 54.1 Å². The third-order valence-electron chi connectivity index (χ3n) is 4.86. The number of benzene rings is 2. The van der Waals surface area contributed by atoms with Gasteiger partial charge in [0, 0.05) is 17.4 Å². The number of aromatic nitrogens is 2. The van der Waals surface area contributed by atoms with E-state index in [0.717, 1.165) is 11.1 Å². The summed E-state index contributed by atoms with van der Waals surface area (Å²) in [4.78, 5) is 16.2. The summed E-state index contributed by atoms with van der Waals surface area (Å²) in [6.07, 6.45) is -1.04. The number of amides is 2. The summed E-state index contributed by atoms with van der Waals surface area (Å²) in [5, 5.41) is 4.15. The maximum absolute atomic E-state index is 13.7. The average Bonchev–Trinajstić information content (AvgIpc) is 3.21. The van der Waals surface area contributed by atoms with Gasteiger partial charge in [0.2, 0.25) is 0 Å². The molecule has 2 amide bonds. The van der Waals surface area contributed by atoms with E-state index in [-0.39, 0.29) is 18.2 Å². The molecule has 2 aromatic carbocycles. The Kier molecular flexibility index (Phi) is 7.31. The summed E-state index contributed by atoms with van der Waals surface area (Å²) >= 11 is 0. The second-order valence-electron chi connectivity index (χ2n) is 7.14. The Labute approximate surface area is 198 Å². The molecular formula is C23H19ClF4N4O2. The Morgan fingerprint density at radius 3 is 2.56 bits per heavy atom. The number of pyridine rings is 1. The van der Waals surface area contributed by atoms with Gasteiger partial charge in [-0.1, -0.05) is 18.2 Å². The van der Waals surface area contributed by atoms with Gasteiger partial charge in [-0.05, 0) is 47.5 Å². The highest BCUT2D eigenvalue weighted by Gasteiger charge is 2.27. The Hall–Kier alpha value is -3.79. The molecule has 0 aliphatic carbocycles. The Morgan fingerprint density at radius 1 is 1.06 bits per heavy atom. The first-order valence-electron chi connectivity index (χ1n) is 9.76. The maximum atomic E-state index is 13.7. The number of methoxy groups -OCH3 is 1. The van der Waals surface area contributed by atoms with Crippen LogP contribution in [0.3, 0.4) is 0 Å². The van der Waals surface area contributed by atoms with Crippen LogP contribution in [0.4, 0.5) is 28.0 Å². The standard InChI is InChI=1S/C23H18F4N4O2.ClH/c1-33-20-10-14(5-6-18(20)24)15-7-8-31-19(12-28-21(31)11-15)16-3-2-4-17(9-16)30-22(32)29-13-23(25,26)27;/h2-12H,13H2,1H3,(H2,29,30,32);1H. The highest BCUT2D eigenvalue weighted by atomic mass is 35.5.